The van der Waals surface area contributed by atoms with Crippen molar-refractivity contribution in [2.75, 3.05) is 6.54 Å². The predicted molar refractivity (Wildman–Crippen MR) is 106 cm³/mol. The normalized spacial score (nSPS) is 13.1. The smallest absolute Gasteiger partial charge is 0.272 e. The number of amides is 2. The lowest BCUT2D eigenvalue weighted by Gasteiger charge is -2.28. The minimum atomic E-state index is -0.931. The summed E-state index contributed by atoms with van der Waals surface area (Å²) in [6.07, 6.45) is 0.395. The van der Waals surface area contributed by atoms with E-state index in [2.05, 4.69) is 10.4 Å². The lowest BCUT2D eigenvalue weighted by atomic mass is 10.0. The van der Waals surface area contributed by atoms with Crippen LogP contribution in [0.4, 0.5) is 13.2 Å². The van der Waals surface area contributed by atoms with Gasteiger partial charge in [-0.1, -0.05) is 18.2 Å². The molecular weight excluding hydrogens is 409 g/mol. The van der Waals surface area contributed by atoms with Gasteiger partial charge in [0.15, 0.2) is 5.69 Å². The topological polar surface area (TPSA) is 67.2 Å². The van der Waals surface area contributed by atoms with Crippen LogP contribution in [-0.2, 0) is 26.6 Å². The fourth-order valence-electron chi connectivity index (χ4n) is 3.68. The van der Waals surface area contributed by atoms with Crippen molar-refractivity contribution in [2.45, 2.75) is 19.5 Å². The van der Waals surface area contributed by atoms with Crippen LogP contribution in [0.2, 0.25) is 0 Å². The van der Waals surface area contributed by atoms with E-state index in [-0.39, 0.29) is 31.1 Å². The number of benzene rings is 2. The van der Waals surface area contributed by atoms with E-state index in [0.29, 0.717) is 17.5 Å². The zero-order chi connectivity index (χ0) is 22.1. The predicted octanol–water partition coefficient (Wildman–Crippen LogP) is 2.97. The number of nitrogens with one attached hydrogen (secondary N) is 1. The van der Waals surface area contributed by atoms with E-state index in [9.17, 15) is 22.8 Å². The number of fused-ring (bicyclic) bond motifs is 1. The number of hydrogen-bond acceptors (Lipinski definition) is 3. The summed E-state index contributed by atoms with van der Waals surface area (Å²) in [5, 5.41) is 7.01. The molecule has 2 amide bonds. The Labute approximate surface area is 176 Å². The molecule has 2 aromatic carbocycles. The fraction of sp³-hybridized carbons (Fsp3) is 0.227. The lowest BCUT2D eigenvalue weighted by molar-refractivity contribution is 0.0720. The van der Waals surface area contributed by atoms with Crippen LogP contribution >= 0.6 is 0 Å². The van der Waals surface area contributed by atoms with Gasteiger partial charge in [-0.15, -0.1) is 0 Å². The van der Waals surface area contributed by atoms with Crippen LogP contribution in [0.5, 0.6) is 0 Å². The summed E-state index contributed by atoms with van der Waals surface area (Å²) < 4.78 is 42.7. The Kier molecular flexibility index (Phi) is 5.50. The molecule has 0 fully saturated rings. The van der Waals surface area contributed by atoms with Gasteiger partial charge in [0, 0.05) is 37.8 Å². The van der Waals surface area contributed by atoms with Crippen molar-refractivity contribution in [3.63, 3.8) is 0 Å². The average molecular weight is 428 g/mol. The Morgan fingerprint density at radius 3 is 2.42 bits per heavy atom. The standard InChI is InChI=1S/C22H19F3N4O2/c1-28-18-9-10-29(22(31)19-16(24)3-2-4-17(19)25)12-15(18)20(27-28)21(30)26-11-13-5-7-14(23)8-6-13/h2-8H,9-12H2,1H3,(H,26,30). The molecule has 160 valence electrons. The number of halogens is 3. The number of rotatable bonds is 4. The van der Waals surface area contributed by atoms with Gasteiger partial charge in [-0.3, -0.25) is 14.3 Å². The van der Waals surface area contributed by atoms with Gasteiger partial charge in [0.25, 0.3) is 11.8 Å². The first kappa shape index (κ1) is 20.6. The molecule has 1 aromatic heterocycles. The first-order valence-corrected chi connectivity index (χ1v) is 9.66. The maximum atomic E-state index is 14.1. The molecule has 0 aliphatic carbocycles. The fourth-order valence-corrected chi connectivity index (χ4v) is 3.68. The summed E-state index contributed by atoms with van der Waals surface area (Å²) in [5.74, 6) is -3.46. The molecule has 0 atom stereocenters. The maximum Gasteiger partial charge on any atom is 0.272 e. The van der Waals surface area contributed by atoms with Crippen LogP contribution in [0.15, 0.2) is 42.5 Å². The lowest BCUT2D eigenvalue weighted by Crippen LogP contribution is -2.38. The second-order valence-electron chi connectivity index (χ2n) is 7.28. The summed E-state index contributed by atoms with van der Waals surface area (Å²) in [6.45, 7) is 0.429. The van der Waals surface area contributed by atoms with E-state index < -0.39 is 29.0 Å². The van der Waals surface area contributed by atoms with Crippen LogP contribution in [0.25, 0.3) is 0 Å². The molecule has 2 heterocycles. The second kappa shape index (κ2) is 8.25. The highest BCUT2D eigenvalue weighted by atomic mass is 19.1. The summed E-state index contributed by atoms with van der Waals surface area (Å²) >= 11 is 0. The molecule has 0 saturated carbocycles. The van der Waals surface area contributed by atoms with Gasteiger partial charge < -0.3 is 10.2 Å². The largest absolute Gasteiger partial charge is 0.347 e. The highest BCUT2D eigenvalue weighted by Crippen LogP contribution is 2.25. The quantitative estimate of drug-likeness (QED) is 0.695. The van der Waals surface area contributed by atoms with Crippen molar-refractivity contribution in [1.29, 1.82) is 0 Å². The minimum Gasteiger partial charge on any atom is -0.347 e. The van der Waals surface area contributed by atoms with E-state index in [1.54, 1.807) is 23.9 Å². The van der Waals surface area contributed by atoms with Gasteiger partial charge >= 0.3 is 0 Å². The zero-order valence-electron chi connectivity index (χ0n) is 16.7. The Bertz CT molecular complexity index is 1140. The molecule has 0 saturated heterocycles. The summed E-state index contributed by atoms with van der Waals surface area (Å²) in [7, 11) is 1.70. The Morgan fingerprint density at radius 1 is 1.06 bits per heavy atom. The van der Waals surface area contributed by atoms with E-state index >= 15 is 0 Å². The first-order valence-electron chi connectivity index (χ1n) is 9.66. The maximum absolute atomic E-state index is 14.1. The Balaban J connectivity index is 1.54. The summed E-state index contributed by atoms with van der Waals surface area (Å²) in [5.41, 5.74) is 1.56. The monoisotopic (exact) mass is 428 g/mol. The van der Waals surface area contributed by atoms with Crippen molar-refractivity contribution < 1.29 is 22.8 Å². The van der Waals surface area contributed by atoms with E-state index in [0.717, 1.165) is 17.8 Å². The van der Waals surface area contributed by atoms with Crippen LogP contribution < -0.4 is 5.32 Å². The van der Waals surface area contributed by atoms with Gasteiger partial charge in [0.2, 0.25) is 0 Å². The van der Waals surface area contributed by atoms with E-state index in [1.807, 2.05) is 0 Å². The van der Waals surface area contributed by atoms with Crippen LogP contribution in [0.1, 0.15) is 37.7 Å². The van der Waals surface area contributed by atoms with Gasteiger partial charge in [0.1, 0.15) is 23.0 Å². The molecule has 1 N–H and O–H groups in total. The SMILES string of the molecule is Cn1nc(C(=O)NCc2ccc(F)cc2)c2c1CCN(C(=O)c1c(F)cccc1F)C2. The molecule has 0 radical (unpaired) electrons. The third-order valence-electron chi connectivity index (χ3n) is 5.29. The summed E-state index contributed by atoms with van der Waals surface area (Å²) in [4.78, 5) is 26.8. The van der Waals surface area contributed by atoms with Crippen LogP contribution in [0.3, 0.4) is 0 Å². The van der Waals surface area contributed by atoms with Gasteiger partial charge in [0.05, 0.1) is 6.54 Å². The molecule has 31 heavy (non-hydrogen) atoms. The number of nitrogens with zero attached hydrogens (tertiary/aromatic N) is 3. The average Bonchev–Trinajstić information content (AvgIpc) is 3.09. The summed E-state index contributed by atoms with van der Waals surface area (Å²) in [6, 6.07) is 8.99. The molecule has 0 unspecified atom stereocenters. The van der Waals surface area contributed by atoms with Gasteiger partial charge in [-0.25, -0.2) is 13.2 Å². The molecular formula is C22H19F3N4O2. The van der Waals surface area contributed by atoms with Gasteiger partial charge in [-0.05, 0) is 29.8 Å². The van der Waals surface area contributed by atoms with Crippen LogP contribution in [-0.4, -0.2) is 33.0 Å². The molecule has 1 aliphatic heterocycles. The molecule has 6 nitrogen and oxygen atoms in total. The minimum absolute atomic E-state index is 0.00901. The third-order valence-corrected chi connectivity index (χ3v) is 5.29. The number of aryl methyl sites for hydroxylation is 1. The van der Waals surface area contributed by atoms with Crippen molar-refractivity contribution in [3.8, 4) is 0 Å². The second-order valence-corrected chi connectivity index (χ2v) is 7.28. The molecule has 0 spiro atoms. The van der Waals surface area contributed by atoms with Crippen LogP contribution in [0, 0.1) is 17.5 Å². The Morgan fingerprint density at radius 2 is 1.74 bits per heavy atom. The van der Waals surface area contributed by atoms with Crippen molar-refractivity contribution in [1.82, 2.24) is 20.0 Å². The number of carbonyl (C=O) groups is 2. The first-order chi connectivity index (χ1) is 14.8. The zero-order valence-corrected chi connectivity index (χ0v) is 16.7. The van der Waals surface area contributed by atoms with Gasteiger partial charge in [-0.2, -0.15) is 5.10 Å². The van der Waals surface area contributed by atoms with E-state index in [4.69, 9.17) is 0 Å². The van der Waals surface area contributed by atoms with E-state index in [1.165, 1.54) is 23.1 Å². The molecule has 3 aromatic rings. The third kappa shape index (κ3) is 4.03. The molecule has 9 heteroatoms. The Hall–Kier alpha value is -3.62. The van der Waals surface area contributed by atoms with Crippen molar-refractivity contribution in [2.24, 2.45) is 7.05 Å². The highest BCUT2D eigenvalue weighted by molar-refractivity contribution is 5.96. The molecule has 1 aliphatic rings. The van der Waals surface area contributed by atoms with Crippen molar-refractivity contribution >= 4 is 11.8 Å². The number of aromatic nitrogens is 2. The molecule has 4 rings (SSSR count). The number of hydrogen-bond donors (Lipinski definition) is 1. The molecule has 0 bridgehead atoms. The van der Waals surface area contributed by atoms with Crippen molar-refractivity contribution in [3.05, 3.63) is 88.0 Å². The highest BCUT2D eigenvalue weighted by Gasteiger charge is 2.31. The number of carbonyl (C=O) groups excluding carboxylic acids is 2.